The zero-order valence-electron chi connectivity index (χ0n) is 11.4. The summed E-state index contributed by atoms with van der Waals surface area (Å²) in [7, 11) is 0. The van der Waals surface area contributed by atoms with Gasteiger partial charge in [-0.3, -0.25) is 0 Å². The first-order valence-corrected chi connectivity index (χ1v) is 6.39. The number of benzene rings is 2. The summed E-state index contributed by atoms with van der Waals surface area (Å²) in [5.41, 5.74) is 11.1. The predicted molar refractivity (Wildman–Crippen MR) is 78.6 cm³/mol. The van der Waals surface area contributed by atoms with Crippen molar-refractivity contribution in [3.63, 3.8) is 0 Å². The monoisotopic (exact) mass is 239 g/mol. The molecule has 0 radical (unpaired) electrons. The van der Waals surface area contributed by atoms with Crippen molar-refractivity contribution in [2.24, 2.45) is 5.73 Å². The molecule has 0 aliphatic heterocycles. The van der Waals surface area contributed by atoms with E-state index in [4.69, 9.17) is 5.73 Å². The van der Waals surface area contributed by atoms with Gasteiger partial charge >= 0.3 is 0 Å². The third kappa shape index (κ3) is 3.21. The largest absolute Gasteiger partial charge is 0.325 e. The van der Waals surface area contributed by atoms with Gasteiger partial charge in [-0.05, 0) is 49.4 Å². The summed E-state index contributed by atoms with van der Waals surface area (Å²) in [5, 5.41) is 0. The van der Waals surface area contributed by atoms with Gasteiger partial charge in [-0.15, -0.1) is 0 Å². The highest BCUT2D eigenvalue weighted by Gasteiger charge is 2.12. The van der Waals surface area contributed by atoms with Crippen molar-refractivity contribution in [1.82, 2.24) is 0 Å². The number of hydrogen-bond acceptors (Lipinski definition) is 1. The van der Waals surface area contributed by atoms with Gasteiger partial charge in [0.15, 0.2) is 0 Å². The van der Waals surface area contributed by atoms with Crippen LogP contribution in [0.2, 0.25) is 0 Å². The van der Waals surface area contributed by atoms with Crippen LogP contribution >= 0.6 is 0 Å². The zero-order chi connectivity index (χ0) is 13.2. The average molecular weight is 239 g/mol. The summed E-state index contributed by atoms with van der Waals surface area (Å²) in [6.45, 7) is 6.28. The summed E-state index contributed by atoms with van der Waals surface area (Å²) in [6.07, 6.45) is 0.896. The second-order valence-corrected chi connectivity index (χ2v) is 5.68. The van der Waals surface area contributed by atoms with Crippen molar-refractivity contribution in [2.75, 3.05) is 0 Å². The quantitative estimate of drug-likeness (QED) is 0.862. The first kappa shape index (κ1) is 12.8. The number of aryl methyl sites for hydroxylation is 1. The van der Waals surface area contributed by atoms with Crippen LogP contribution < -0.4 is 5.73 Å². The molecule has 1 heteroatoms. The van der Waals surface area contributed by atoms with Crippen LogP contribution in [-0.2, 0) is 6.42 Å². The Kier molecular flexibility index (Phi) is 3.53. The molecule has 1 nitrogen and oxygen atoms in total. The lowest BCUT2D eigenvalue weighted by molar-refractivity contribution is 0.517. The highest BCUT2D eigenvalue weighted by atomic mass is 14.7. The highest BCUT2D eigenvalue weighted by Crippen LogP contribution is 2.25. The molecule has 0 atom stereocenters. The number of rotatable bonds is 3. The molecular formula is C17H21N. The lowest BCUT2D eigenvalue weighted by Gasteiger charge is -2.19. The summed E-state index contributed by atoms with van der Waals surface area (Å²) >= 11 is 0. The van der Waals surface area contributed by atoms with Gasteiger partial charge in [0.05, 0.1) is 0 Å². The van der Waals surface area contributed by atoms with Gasteiger partial charge in [0.1, 0.15) is 0 Å². The van der Waals surface area contributed by atoms with Gasteiger partial charge in [-0.1, -0.05) is 48.5 Å². The van der Waals surface area contributed by atoms with E-state index in [0.29, 0.717) is 0 Å². The fourth-order valence-corrected chi connectivity index (χ4v) is 2.23. The molecule has 0 aliphatic carbocycles. The van der Waals surface area contributed by atoms with E-state index in [2.05, 4.69) is 63.2 Å². The Labute approximate surface area is 110 Å². The molecule has 2 aromatic carbocycles. The molecule has 0 fully saturated rings. The lowest BCUT2D eigenvalue weighted by atomic mass is 9.92. The summed E-state index contributed by atoms with van der Waals surface area (Å²) in [6, 6.07) is 17.1. The minimum Gasteiger partial charge on any atom is -0.325 e. The third-order valence-electron chi connectivity index (χ3n) is 3.05. The maximum atomic E-state index is 6.09. The Morgan fingerprint density at radius 3 is 2.28 bits per heavy atom. The van der Waals surface area contributed by atoms with Crippen molar-refractivity contribution in [1.29, 1.82) is 0 Å². The van der Waals surface area contributed by atoms with Crippen LogP contribution in [0.1, 0.15) is 25.0 Å². The molecule has 0 aromatic heterocycles. The van der Waals surface area contributed by atoms with Gasteiger partial charge in [0.2, 0.25) is 0 Å². The van der Waals surface area contributed by atoms with Crippen LogP contribution in [0.25, 0.3) is 11.1 Å². The molecule has 0 unspecified atom stereocenters. The molecule has 0 saturated heterocycles. The van der Waals surface area contributed by atoms with Gasteiger partial charge in [0, 0.05) is 5.54 Å². The van der Waals surface area contributed by atoms with E-state index in [1.165, 1.54) is 22.3 Å². The Balaban J connectivity index is 2.39. The number of nitrogens with two attached hydrogens (primary N) is 1. The standard InChI is InChI=1S/C17H21N/c1-13-9-10-14(12-17(2,3)18)11-16(13)15-7-5-4-6-8-15/h4-11H,12,18H2,1-3H3. The molecule has 18 heavy (non-hydrogen) atoms. The van der Waals surface area contributed by atoms with Crippen LogP contribution in [0.4, 0.5) is 0 Å². The summed E-state index contributed by atoms with van der Waals surface area (Å²) in [4.78, 5) is 0. The van der Waals surface area contributed by atoms with Gasteiger partial charge in [0.25, 0.3) is 0 Å². The fourth-order valence-electron chi connectivity index (χ4n) is 2.23. The maximum Gasteiger partial charge on any atom is 0.0138 e. The number of hydrogen-bond donors (Lipinski definition) is 1. The van der Waals surface area contributed by atoms with Crippen molar-refractivity contribution in [3.8, 4) is 11.1 Å². The van der Waals surface area contributed by atoms with E-state index < -0.39 is 0 Å². The SMILES string of the molecule is Cc1ccc(CC(C)(C)N)cc1-c1ccccc1. The van der Waals surface area contributed by atoms with Crippen LogP contribution in [-0.4, -0.2) is 5.54 Å². The lowest BCUT2D eigenvalue weighted by Crippen LogP contribution is -2.34. The first-order chi connectivity index (χ1) is 8.46. The van der Waals surface area contributed by atoms with Crippen LogP contribution in [0, 0.1) is 6.92 Å². The first-order valence-electron chi connectivity index (χ1n) is 6.39. The molecule has 0 amide bonds. The Morgan fingerprint density at radius 1 is 1.00 bits per heavy atom. The van der Waals surface area contributed by atoms with Crippen LogP contribution in [0.3, 0.4) is 0 Å². The molecule has 94 valence electrons. The van der Waals surface area contributed by atoms with Crippen molar-refractivity contribution >= 4 is 0 Å². The van der Waals surface area contributed by atoms with Crippen molar-refractivity contribution in [2.45, 2.75) is 32.7 Å². The fraction of sp³-hybridized carbons (Fsp3) is 0.294. The molecule has 2 rings (SSSR count). The van der Waals surface area contributed by atoms with E-state index in [1.807, 2.05) is 6.07 Å². The molecule has 0 bridgehead atoms. The smallest absolute Gasteiger partial charge is 0.0138 e. The second kappa shape index (κ2) is 4.95. The Morgan fingerprint density at radius 2 is 1.67 bits per heavy atom. The molecule has 0 aliphatic rings. The average Bonchev–Trinajstić information content (AvgIpc) is 2.31. The Bertz CT molecular complexity index is 521. The molecule has 0 heterocycles. The van der Waals surface area contributed by atoms with Gasteiger partial charge in [-0.25, -0.2) is 0 Å². The zero-order valence-corrected chi connectivity index (χ0v) is 11.4. The van der Waals surface area contributed by atoms with E-state index in [9.17, 15) is 0 Å². The van der Waals surface area contributed by atoms with Gasteiger partial charge < -0.3 is 5.73 Å². The highest BCUT2D eigenvalue weighted by molar-refractivity contribution is 5.67. The predicted octanol–water partition coefficient (Wildman–Crippen LogP) is 3.94. The normalized spacial score (nSPS) is 11.6. The molecule has 0 saturated carbocycles. The van der Waals surface area contributed by atoms with E-state index in [1.54, 1.807) is 0 Å². The topological polar surface area (TPSA) is 26.0 Å². The second-order valence-electron chi connectivity index (χ2n) is 5.68. The minimum atomic E-state index is -0.163. The molecule has 0 spiro atoms. The van der Waals surface area contributed by atoms with E-state index in [-0.39, 0.29) is 5.54 Å². The van der Waals surface area contributed by atoms with E-state index in [0.717, 1.165) is 6.42 Å². The van der Waals surface area contributed by atoms with Crippen molar-refractivity contribution in [3.05, 3.63) is 59.7 Å². The minimum absolute atomic E-state index is 0.163. The molecular weight excluding hydrogens is 218 g/mol. The maximum absolute atomic E-state index is 6.09. The summed E-state index contributed by atoms with van der Waals surface area (Å²) < 4.78 is 0. The summed E-state index contributed by atoms with van der Waals surface area (Å²) in [5.74, 6) is 0. The third-order valence-corrected chi connectivity index (χ3v) is 3.05. The van der Waals surface area contributed by atoms with Crippen molar-refractivity contribution < 1.29 is 0 Å². The molecule has 2 aromatic rings. The Hall–Kier alpha value is -1.60. The van der Waals surface area contributed by atoms with Gasteiger partial charge in [-0.2, -0.15) is 0 Å². The molecule has 2 N–H and O–H groups in total. The van der Waals surface area contributed by atoms with Crippen LogP contribution in [0.15, 0.2) is 48.5 Å². The van der Waals surface area contributed by atoms with E-state index >= 15 is 0 Å². The van der Waals surface area contributed by atoms with Crippen LogP contribution in [0.5, 0.6) is 0 Å².